The van der Waals surface area contributed by atoms with Gasteiger partial charge in [-0.3, -0.25) is 0 Å². The van der Waals surface area contributed by atoms with Gasteiger partial charge in [0.15, 0.2) is 11.5 Å². The van der Waals surface area contributed by atoms with Crippen molar-refractivity contribution in [2.45, 2.75) is 6.42 Å². The quantitative estimate of drug-likeness (QED) is 0.159. The van der Waals surface area contributed by atoms with Crippen molar-refractivity contribution in [1.82, 2.24) is 0 Å². The predicted octanol–water partition coefficient (Wildman–Crippen LogP) is 17.8. The van der Waals surface area contributed by atoms with Gasteiger partial charge in [0.1, 0.15) is 0 Å². The highest BCUT2D eigenvalue weighted by Gasteiger charge is 2.26. The molecule has 66 heavy (non-hydrogen) atoms. The Kier molecular flexibility index (Phi) is 9.07. The van der Waals surface area contributed by atoms with Crippen LogP contribution in [-0.4, -0.2) is 0 Å². The van der Waals surface area contributed by atoms with Gasteiger partial charge in [0, 0.05) is 66.4 Å². The van der Waals surface area contributed by atoms with Crippen LogP contribution in [0.1, 0.15) is 11.1 Å². The Hall–Kier alpha value is -8.38. The van der Waals surface area contributed by atoms with Gasteiger partial charge in [-0.25, -0.2) is 0 Å². The first-order valence-corrected chi connectivity index (χ1v) is 23.3. The fourth-order valence-corrected chi connectivity index (χ4v) is 11.0. The molecule has 0 amide bonds. The lowest BCUT2D eigenvalue weighted by Crippen LogP contribution is -2.18. The molecule has 0 spiro atoms. The summed E-state index contributed by atoms with van der Waals surface area (Å²) < 4.78 is 8.89. The monoisotopic (exact) mass is 863 g/mol. The number of anilines is 9. The van der Waals surface area contributed by atoms with Crippen LogP contribution in [-0.2, 0) is 6.42 Å². The highest BCUT2D eigenvalue weighted by molar-refractivity contribution is 7.25. The van der Waals surface area contributed by atoms with Crippen molar-refractivity contribution >= 4 is 82.7 Å². The third-order valence-corrected chi connectivity index (χ3v) is 14.2. The second-order valence-electron chi connectivity index (χ2n) is 17.0. The van der Waals surface area contributed by atoms with Gasteiger partial charge in [0.05, 0.1) is 11.4 Å². The Morgan fingerprint density at radius 2 is 0.818 bits per heavy atom. The number of hydrogen-bond donors (Lipinski definition) is 0. The third kappa shape index (κ3) is 6.51. The van der Waals surface area contributed by atoms with E-state index in [0.29, 0.717) is 0 Å². The lowest BCUT2D eigenvalue weighted by molar-refractivity contribution is 0.477. The van der Waals surface area contributed by atoms with E-state index in [2.05, 4.69) is 227 Å². The van der Waals surface area contributed by atoms with Gasteiger partial charge in [-0.15, -0.1) is 11.3 Å². The fraction of sp³-hybridized carbons (Fsp3) is 0.0164. The molecule has 5 heteroatoms. The summed E-state index contributed by atoms with van der Waals surface area (Å²) in [5.74, 6) is 1.69. The zero-order chi connectivity index (χ0) is 43.6. The minimum Gasteiger partial charge on any atom is -0.453 e. The maximum absolute atomic E-state index is 6.32. The Bertz CT molecular complexity index is 3360. The molecule has 11 aromatic rings. The van der Waals surface area contributed by atoms with Crippen LogP contribution in [0.3, 0.4) is 0 Å². The molecule has 0 bridgehead atoms. The van der Waals surface area contributed by atoms with E-state index in [0.717, 1.165) is 68.9 Å². The Morgan fingerprint density at radius 3 is 1.41 bits per heavy atom. The molecule has 312 valence electrons. The van der Waals surface area contributed by atoms with Gasteiger partial charge in [0.25, 0.3) is 0 Å². The van der Waals surface area contributed by atoms with Crippen molar-refractivity contribution in [3.63, 3.8) is 0 Å². The summed E-state index contributed by atoms with van der Waals surface area (Å²) in [5.41, 5.74) is 17.3. The molecular formula is C61H41N3OS. The summed E-state index contributed by atoms with van der Waals surface area (Å²) in [4.78, 5) is 7.09. The molecule has 0 saturated heterocycles. The van der Waals surface area contributed by atoms with E-state index in [4.69, 9.17) is 4.74 Å². The van der Waals surface area contributed by atoms with Crippen LogP contribution in [0.25, 0.3) is 42.4 Å². The van der Waals surface area contributed by atoms with Crippen LogP contribution in [0, 0.1) is 0 Å². The van der Waals surface area contributed by atoms with Crippen LogP contribution < -0.4 is 19.4 Å². The maximum Gasteiger partial charge on any atom is 0.151 e. The SMILES string of the molecule is c1cc(-c2ccc(N(c3ccc(-c4cccc(N5c6ccccc6Oc6ccccc65)c4)cc3)c3ccc4c(c3)sc3ccccc34)cc2)cc(N2c3ccccc3Cc3ccccc32)c1. The van der Waals surface area contributed by atoms with Crippen molar-refractivity contribution in [1.29, 1.82) is 0 Å². The molecule has 0 unspecified atom stereocenters. The van der Waals surface area contributed by atoms with Crippen molar-refractivity contribution < 1.29 is 4.74 Å². The molecule has 1 aromatic heterocycles. The number of nitrogens with zero attached hydrogens (tertiary/aromatic N) is 3. The zero-order valence-electron chi connectivity index (χ0n) is 35.9. The zero-order valence-corrected chi connectivity index (χ0v) is 36.7. The highest BCUT2D eigenvalue weighted by atomic mass is 32.1. The number of benzene rings is 10. The first-order valence-electron chi connectivity index (χ1n) is 22.4. The van der Waals surface area contributed by atoms with Gasteiger partial charge in [-0.1, -0.05) is 133 Å². The maximum atomic E-state index is 6.32. The van der Waals surface area contributed by atoms with Crippen LogP contribution >= 0.6 is 11.3 Å². The van der Waals surface area contributed by atoms with Crippen LogP contribution in [0.5, 0.6) is 11.5 Å². The first-order chi connectivity index (χ1) is 32.7. The van der Waals surface area contributed by atoms with E-state index in [9.17, 15) is 0 Å². The fourth-order valence-electron chi connectivity index (χ4n) is 9.91. The second kappa shape index (κ2) is 15.7. The highest BCUT2D eigenvalue weighted by Crippen LogP contribution is 2.51. The van der Waals surface area contributed by atoms with Gasteiger partial charge < -0.3 is 19.4 Å². The number of ether oxygens (including phenoxy) is 1. The average Bonchev–Trinajstić information content (AvgIpc) is 3.76. The van der Waals surface area contributed by atoms with Gasteiger partial charge in [-0.2, -0.15) is 0 Å². The lowest BCUT2D eigenvalue weighted by Gasteiger charge is -2.33. The van der Waals surface area contributed by atoms with E-state index in [-0.39, 0.29) is 0 Å². The largest absolute Gasteiger partial charge is 0.453 e. The first kappa shape index (κ1) is 38.1. The van der Waals surface area contributed by atoms with Crippen molar-refractivity contribution in [3.8, 4) is 33.8 Å². The molecular weight excluding hydrogens is 823 g/mol. The third-order valence-electron chi connectivity index (χ3n) is 13.0. The van der Waals surface area contributed by atoms with Gasteiger partial charge >= 0.3 is 0 Å². The summed E-state index contributed by atoms with van der Waals surface area (Å²) in [6, 6.07) is 85.4. The Morgan fingerprint density at radius 1 is 0.348 bits per heavy atom. The summed E-state index contributed by atoms with van der Waals surface area (Å²) in [7, 11) is 0. The normalized spacial score (nSPS) is 12.5. The second-order valence-corrected chi connectivity index (χ2v) is 18.0. The molecule has 10 aromatic carbocycles. The summed E-state index contributed by atoms with van der Waals surface area (Å²) in [5, 5.41) is 2.59. The number of hydrogen-bond acceptors (Lipinski definition) is 5. The van der Waals surface area contributed by atoms with E-state index >= 15 is 0 Å². The Labute approximate surface area is 388 Å². The molecule has 0 saturated carbocycles. The van der Waals surface area contributed by atoms with Gasteiger partial charge in [0.2, 0.25) is 0 Å². The summed E-state index contributed by atoms with van der Waals surface area (Å²) in [6.07, 6.45) is 0.937. The smallest absolute Gasteiger partial charge is 0.151 e. The molecule has 3 heterocycles. The lowest BCUT2D eigenvalue weighted by atomic mass is 9.94. The van der Waals surface area contributed by atoms with Crippen LogP contribution in [0.15, 0.2) is 237 Å². The topological polar surface area (TPSA) is 19.0 Å². The number of thiophene rings is 1. The van der Waals surface area contributed by atoms with E-state index < -0.39 is 0 Å². The van der Waals surface area contributed by atoms with Crippen LogP contribution in [0.4, 0.5) is 51.2 Å². The Balaban J connectivity index is 0.866. The number of fused-ring (bicyclic) bond motifs is 7. The van der Waals surface area contributed by atoms with Crippen LogP contribution in [0.2, 0.25) is 0 Å². The van der Waals surface area contributed by atoms with E-state index in [1.807, 2.05) is 35.6 Å². The summed E-state index contributed by atoms with van der Waals surface area (Å²) in [6.45, 7) is 0. The van der Waals surface area contributed by atoms with Crippen molar-refractivity contribution in [2.75, 3.05) is 14.7 Å². The molecule has 2 aliphatic heterocycles. The molecule has 4 nitrogen and oxygen atoms in total. The number of rotatable bonds is 7. The molecule has 0 fully saturated rings. The minimum absolute atomic E-state index is 0.844. The molecule has 0 radical (unpaired) electrons. The van der Waals surface area contributed by atoms with Gasteiger partial charge in [-0.05, 0) is 137 Å². The molecule has 13 rings (SSSR count). The number of para-hydroxylation sites is 6. The minimum atomic E-state index is 0.844. The molecule has 0 aliphatic carbocycles. The van der Waals surface area contributed by atoms with Crippen molar-refractivity contribution in [2.24, 2.45) is 0 Å². The molecule has 2 aliphatic rings. The summed E-state index contributed by atoms with van der Waals surface area (Å²) >= 11 is 1.85. The molecule has 0 N–H and O–H groups in total. The average molecular weight is 864 g/mol. The van der Waals surface area contributed by atoms with E-state index in [1.54, 1.807) is 0 Å². The van der Waals surface area contributed by atoms with Crippen molar-refractivity contribution in [3.05, 3.63) is 248 Å². The van der Waals surface area contributed by atoms with E-state index in [1.165, 1.54) is 53.8 Å². The molecule has 0 atom stereocenters. The standard InChI is InChI=1S/C61H41N3OS/c1-4-20-54-45(13-1)37-46-14-2-5-21-55(46)63(54)49-17-11-15-43(38-49)41-27-31-47(32-28-41)62(51-35-36-53-52-19-3-10-26-60(52)66-61(53)40-51)48-33-29-42(30-34-48)44-16-12-18-50(39-44)64-56-22-6-8-24-58(56)65-59-25-9-7-23-57(59)64/h1-36,38-40H,37H2. The predicted molar refractivity (Wildman–Crippen MR) is 277 cm³/mol.